The molecule has 7 nitrogen and oxygen atoms in total. The number of ether oxygens (including phenoxy) is 1. The molecule has 0 atom stereocenters. The quantitative estimate of drug-likeness (QED) is 0.692. The predicted octanol–water partition coefficient (Wildman–Crippen LogP) is 3.12. The van der Waals surface area contributed by atoms with Crippen molar-refractivity contribution >= 4 is 33.2 Å². The zero-order chi connectivity index (χ0) is 18.6. The van der Waals surface area contributed by atoms with E-state index in [0.29, 0.717) is 5.69 Å². The molecule has 2 heterocycles. The highest BCUT2D eigenvalue weighted by molar-refractivity contribution is 9.10. The molecular formula is C19H18BrN5O2. The molecule has 0 aliphatic carbocycles. The second-order valence-corrected chi connectivity index (χ2v) is 6.95. The number of hydrogen-bond donors (Lipinski definition) is 1. The van der Waals surface area contributed by atoms with Crippen LogP contribution in [0.2, 0.25) is 0 Å². The summed E-state index contributed by atoms with van der Waals surface area (Å²) in [6.07, 6.45) is 1.61. The standard InChI is InChI=1S/C19H18BrN5O2/c20-16-3-1-2-4-18(16)25-13-17(22-23-25)19(26)21-14-5-7-15(8-6-14)24-9-11-27-12-10-24/h1-8,13H,9-12H2,(H,21,26). The van der Waals surface area contributed by atoms with E-state index < -0.39 is 0 Å². The summed E-state index contributed by atoms with van der Waals surface area (Å²) in [7, 11) is 0. The summed E-state index contributed by atoms with van der Waals surface area (Å²) >= 11 is 3.47. The summed E-state index contributed by atoms with van der Waals surface area (Å²) in [4.78, 5) is 14.7. The zero-order valence-electron chi connectivity index (χ0n) is 14.5. The molecule has 8 heteroatoms. The summed E-state index contributed by atoms with van der Waals surface area (Å²) in [5, 5.41) is 10.9. The Hall–Kier alpha value is -2.71. The summed E-state index contributed by atoms with van der Waals surface area (Å²) in [5.74, 6) is -0.299. The van der Waals surface area contributed by atoms with Gasteiger partial charge >= 0.3 is 0 Å². The Labute approximate surface area is 165 Å². The van der Waals surface area contributed by atoms with Crippen LogP contribution in [0.1, 0.15) is 10.5 Å². The first kappa shape index (κ1) is 17.7. The van der Waals surface area contributed by atoms with E-state index in [9.17, 15) is 4.79 Å². The van der Waals surface area contributed by atoms with E-state index in [1.54, 1.807) is 10.9 Å². The average molecular weight is 428 g/mol. The van der Waals surface area contributed by atoms with E-state index in [4.69, 9.17) is 4.74 Å². The Balaban J connectivity index is 1.44. The van der Waals surface area contributed by atoms with Crippen molar-refractivity contribution in [2.45, 2.75) is 0 Å². The number of carbonyl (C=O) groups excluding carboxylic acids is 1. The Morgan fingerprint density at radius 1 is 1.07 bits per heavy atom. The van der Waals surface area contributed by atoms with Crippen molar-refractivity contribution in [1.29, 1.82) is 0 Å². The molecule has 1 amide bonds. The highest BCUT2D eigenvalue weighted by atomic mass is 79.9. The van der Waals surface area contributed by atoms with Crippen molar-refractivity contribution in [1.82, 2.24) is 15.0 Å². The molecular weight excluding hydrogens is 410 g/mol. The summed E-state index contributed by atoms with van der Waals surface area (Å²) in [5.41, 5.74) is 2.91. The Bertz CT molecular complexity index is 935. The van der Waals surface area contributed by atoms with Gasteiger partial charge in [0.1, 0.15) is 0 Å². The van der Waals surface area contributed by atoms with Gasteiger partial charge in [-0.1, -0.05) is 17.3 Å². The largest absolute Gasteiger partial charge is 0.378 e. The fourth-order valence-corrected chi connectivity index (χ4v) is 3.36. The molecule has 0 bridgehead atoms. The van der Waals surface area contributed by atoms with Crippen LogP contribution in [0.15, 0.2) is 59.2 Å². The molecule has 0 radical (unpaired) electrons. The first-order chi connectivity index (χ1) is 13.2. The molecule has 4 rings (SSSR count). The maximum atomic E-state index is 12.5. The molecule has 1 N–H and O–H groups in total. The molecule has 0 spiro atoms. The van der Waals surface area contributed by atoms with E-state index in [1.165, 1.54) is 0 Å². The molecule has 1 fully saturated rings. The second-order valence-electron chi connectivity index (χ2n) is 6.10. The Kier molecular flexibility index (Phi) is 5.17. The minimum Gasteiger partial charge on any atom is -0.378 e. The molecule has 27 heavy (non-hydrogen) atoms. The highest BCUT2D eigenvalue weighted by Crippen LogP contribution is 2.21. The molecule has 1 aliphatic rings. The first-order valence-corrected chi connectivity index (χ1v) is 9.41. The number of halogens is 1. The van der Waals surface area contributed by atoms with Gasteiger partial charge in [0, 0.05) is 28.9 Å². The molecule has 1 aromatic heterocycles. The van der Waals surface area contributed by atoms with Crippen molar-refractivity contribution in [3.05, 3.63) is 64.9 Å². The van der Waals surface area contributed by atoms with Crippen LogP contribution >= 0.6 is 15.9 Å². The molecule has 0 saturated carbocycles. The number of nitrogens with zero attached hydrogens (tertiary/aromatic N) is 4. The third-order valence-corrected chi connectivity index (χ3v) is 5.00. The Morgan fingerprint density at radius 2 is 1.81 bits per heavy atom. The van der Waals surface area contributed by atoms with Crippen LogP contribution in [0.4, 0.5) is 11.4 Å². The van der Waals surface area contributed by atoms with Gasteiger partial charge < -0.3 is 15.0 Å². The number of para-hydroxylation sites is 1. The molecule has 3 aromatic rings. The van der Waals surface area contributed by atoms with Crippen molar-refractivity contribution < 1.29 is 9.53 Å². The highest BCUT2D eigenvalue weighted by Gasteiger charge is 2.14. The monoisotopic (exact) mass is 427 g/mol. The van der Waals surface area contributed by atoms with Crippen molar-refractivity contribution in [3.63, 3.8) is 0 Å². The van der Waals surface area contributed by atoms with Gasteiger partial charge in [0.2, 0.25) is 0 Å². The van der Waals surface area contributed by atoms with Crippen molar-refractivity contribution in [2.24, 2.45) is 0 Å². The van der Waals surface area contributed by atoms with Gasteiger partial charge in [0.15, 0.2) is 5.69 Å². The number of carbonyl (C=O) groups is 1. The average Bonchev–Trinajstić information content (AvgIpc) is 3.20. The molecule has 138 valence electrons. The van der Waals surface area contributed by atoms with Crippen LogP contribution in [0.5, 0.6) is 0 Å². The summed E-state index contributed by atoms with van der Waals surface area (Å²) < 4.78 is 7.82. The Morgan fingerprint density at radius 3 is 2.56 bits per heavy atom. The summed E-state index contributed by atoms with van der Waals surface area (Å²) in [6.45, 7) is 3.24. The van der Waals surface area contributed by atoms with Crippen molar-refractivity contribution in [2.75, 3.05) is 36.5 Å². The SMILES string of the molecule is O=C(Nc1ccc(N2CCOCC2)cc1)c1cn(-c2ccccc2Br)nn1. The zero-order valence-corrected chi connectivity index (χ0v) is 16.1. The first-order valence-electron chi connectivity index (χ1n) is 8.62. The molecule has 1 aliphatic heterocycles. The molecule has 2 aromatic carbocycles. The van der Waals surface area contributed by atoms with Crippen LogP contribution in [-0.4, -0.2) is 47.2 Å². The number of benzene rings is 2. The van der Waals surface area contributed by atoms with Crippen LogP contribution in [-0.2, 0) is 4.74 Å². The van der Waals surface area contributed by atoms with Gasteiger partial charge in [0.25, 0.3) is 5.91 Å². The number of rotatable bonds is 4. The van der Waals surface area contributed by atoms with Crippen LogP contribution in [0.25, 0.3) is 5.69 Å². The number of nitrogens with one attached hydrogen (secondary N) is 1. The van der Waals surface area contributed by atoms with Crippen LogP contribution in [0.3, 0.4) is 0 Å². The fraction of sp³-hybridized carbons (Fsp3) is 0.211. The number of amides is 1. The lowest BCUT2D eigenvalue weighted by Gasteiger charge is -2.28. The third-order valence-electron chi connectivity index (χ3n) is 4.33. The lowest BCUT2D eigenvalue weighted by Crippen LogP contribution is -2.36. The maximum absolute atomic E-state index is 12.5. The maximum Gasteiger partial charge on any atom is 0.277 e. The van der Waals surface area contributed by atoms with Gasteiger partial charge in [-0.15, -0.1) is 5.10 Å². The van der Waals surface area contributed by atoms with E-state index >= 15 is 0 Å². The topological polar surface area (TPSA) is 72.3 Å². The van der Waals surface area contributed by atoms with Gasteiger partial charge in [-0.2, -0.15) is 0 Å². The lowest BCUT2D eigenvalue weighted by molar-refractivity contribution is 0.102. The molecule has 1 saturated heterocycles. The van der Waals surface area contributed by atoms with E-state index in [1.807, 2.05) is 48.5 Å². The number of hydrogen-bond acceptors (Lipinski definition) is 5. The smallest absolute Gasteiger partial charge is 0.277 e. The van der Waals surface area contributed by atoms with Gasteiger partial charge in [-0.05, 0) is 52.3 Å². The van der Waals surface area contributed by atoms with Crippen LogP contribution in [0, 0.1) is 0 Å². The van der Waals surface area contributed by atoms with E-state index in [0.717, 1.165) is 42.2 Å². The third kappa shape index (κ3) is 4.01. The number of aromatic nitrogens is 3. The lowest BCUT2D eigenvalue weighted by atomic mass is 10.2. The van der Waals surface area contributed by atoms with Gasteiger partial charge in [0.05, 0.1) is 25.1 Å². The molecule has 0 unspecified atom stereocenters. The predicted molar refractivity (Wildman–Crippen MR) is 106 cm³/mol. The summed E-state index contributed by atoms with van der Waals surface area (Å²) in [6, 6.07) is 15.4. The normalized spacial score (nSPS) is 14.2. The van der Waals surface area contributed by atoms with E-state index in [2.05, 4.69) is 36.5 Å². The van der Waals surface area contributed by atoms with E-state index in [-0.39, 0.29) is 11.6 Å². The van der Waals surface area contributed by atoms with Gasteiger partial charge in [-0.3, -0.25) is 4.79 Å². The fourth-order valence-electron chi connectivity index (χ4n) is 2.90. The second kappa shape index (κ2) is 7.89. The number of morpholine rings is 1. The van der Waals surface area contributed by atoms with Gasteiger partial charge in [-0.25, -0.2) is 4.68 Å². The van der Waals surface area contributed by atoms with Crippen LogP contribution < -0.4 is 10.2 Å². The minimum atomic E-state index is -0.299. The minimum absolute atomic E-state index is 0.253. The van der Waals surface area contributed by atoms with Crippen molar-refractivity contribution in [3.8, 4) is 5.69 Å². The number of anilines is 2.